The zero-order valence-corrected chi connectivity index (χ0v) is 12.2. The summed E-state index contributed by atoms with van der Waals surface area (Å²) in [7, 11) is 0. The SMILES string of the molecule is CCC(=O)N1CCCCC1C(=O)NC(CC(F)(F)F)C(=O)O. The van der Waals surface area contributed by atoms with Crippen molar-refractivity contribution in [2.24, 2.45) is 0 Å². The van der Waals surface area contributed by atoms with Crippen LogP contribution in [-0.2, 0) is 14.4 Å². The van der Waals surface area contributed by atoms with Crippen molar-refractivity contribution < 1.29 is 32.7 Å². The van der Waals surface area contributed by atoms with Crippen LogP contribution in [-0.4, -0.2) is 52.6 Å². The molecule has 0 saturated carbocycles. The zero-order valence-electron chi connectivity index (χ0n) is 12.2. The van der Waals surface area contributed by atoms with Crippen molar-refractivity contribution >= 4 is 17.8 Å². The average Bonchev–Trinajstić information content (AvgIpc) is 2.44. The molecule has 0 bridgehead atoms. The Balaban J connectivity index is 2.78. The summed E-state index contributed by atoms with van der Waals surface area (Å²) in [4.78, 5) is 36.1. The summed E-state index contributed by atoms with van der Waals surface area (Å²) in [5.41, 5.74) is 0. The summed E-state index contributed by atoms with van der Waals surface area (Å²) in [5, 5.41) is 10.7. The minimum atomic E-state index is -4.71. The van der Waals surface area contributed by atoms with Gasteiger partial charge in [0.05, 0.1) is 6.42 Å². The third kappa shape index (κ3) is 5.19. The molecule has 22 heavy (non-hydrogen) atoms. The highest BCUT2D eigenvalue weighted by Gasteiger charge is 2.39. The molecular formula is C13H19F3N2O4. The van der Waals surface area contributed by atoms with E-state index < -0.39 is 36.6 Å². The molecule has 6 nitrogen and oxygen atoms in total. The van der Waals surface area contributed by atoms with E-state index in [1.54, 1.807) is 6.92 Å². The number of carbonyl (C=O) groups is 3. The van der Waals surface area contributed by atoms with Gasteiger partial charge in [-0.3, -0.25) is 9.59 Å². The van der Waals surface area contributed by atoms with Crippen molar-refractivity contribution in [3.05, 3.63) is 0 Å². The lowest BCUT2D eigenvalue weighted by Crippen LogP contribution is -2.55. The highest BCUT2D eigenvalue weighted by atomic mass is 19.4. The predicted octanol–water partition coefficient (Wildman–Crippen LogP) is 1.30. The van der Waals surface area contributed by atoms with Crippen molar-refractivity contribution in [2.75, 3.05) is 6.54 Å². The summed E-state index contributed by atoms with van der Waals surface area (Å²) < 4.78 is 37.0. The van der Waals surface area contributed by atoms with E-state index in [4.69, 9.17) is 5.11 Å². The second-order valence-electron chi connectivity index (χ2n) is 5.17. The monoisotopic (exact) mass is 324 g/mol. The van der Waals surface area contributed by atoms with Crippen LogP contribution >= 0.6 is 0 Å². The lowest BCUT2D eigenvalue weighted by atomic mass is 10.00. The van der Waals surface area contributed by atoms with E-state index in [2.05, 4.69) is 0 Å². The Bertz CT molecular complexity index is 439. The molecule has 1 rings (SSSR count). The predicted molar refractivity (Wildman–Crippen MR) is 69.9 cm³/mol. The molecule has 1 heterocycles. The molecule has 0 aromatic heterocycles. The minimum absolute atomic E-state index is 0.175. The van der Waals surface area contributed by atoms with Crippen LogP contribution in [0.2, 0.25) is 0 Å². The molecule has 2 amide bonds. The molecule has 9 heteroatoms. The topological polar surface area (TPSA) is 86.7 Å². The van der Waals surface area contributed by atoms with Crippen LogP contribution in [0.3, 0.4) is 0 Å². The van der Waals surface area contributed by atoms with E-state index in [-0.39, 0.29) is 12.3 Å². The summed E-state index contributed by atoms with van der Waals surface area (Å²) in [6.45, 7) is 1.97. The van der Waals surface area contributed by atoms with Gasteiger partial charge in [-0.1, -0.05) is 6.92 Å². The molecular weight excluding hydrogens is 305 g/mol. The molecule has 2 atom stereocenters. The minimum Gasteiger partial charge on any atom is -0.480 e. The van der Waals surface area contributed by atoms with E-state index in [1.165, 1.54) is 4.90 Å². The lowest BCUT2D eigenvalue weighted by molar-refractivity contribution is -0.161. The number of hydrogen-bond acceptors (Lipinski definition) is 3. The zero-order chi connectivity index (χ0) is 16.9. The van der Waals surface area contributed by atoms with Crippen molar-refractivity contribution in [3.63, 3.8) is 0 Å². The third-order valence-electron chi connectivity index (χ3n) is 3.48. The van der Waals surface area contributed by atoms with Gasteiger partial charge in [-0.2, -0.15) is 13.2 Å². The standard InChI is InChI=1S/C13H19F3N2O4/c1-2-10(19)18-6-4-3-5-9(18)11(20)17-8(12(21)22)7-13(14,15)16/h8-9H,2-7H2,1H3,(H,17,20)(H,21,22). The fourth-order valence-corrected chi connectivity index (χ4v) is 2.41. The van der Waals surface area contributed by atoms with Crippen LogP contribution in [0.15, 0.2) is 0 Å². The first-order chi connectivity index (χ1) is 10.2. The van der Waals surface area contributed by atoms with Gasteiger partial charge < -0.3 is 15.3 Å². The Morgan fingerprint density at radius 1 is 1.32 bits per heavy atom. The molecule has 0 aliphatic carbocycles. The van der Waals surface area contributed by atoms with E-state index in [9.17, 15) is 27.6 Å². The molecule has 1 saturated heterocycles. The van der Waals surface area contributed by atoms with Gasteiger partial charge in [0, 0.05) is 13.0 Å². The van der Waals surface area contributed by atoms with Crippen molar-refractivity contribution in [2.45, 2.75) is 57.3 Å². The third-order valence-corrected chi connectivity index (χ3v) is 3.48. The van der Waals surface area contributed by atoms with E-state index in [0.717, 1.165) is 0 Å². The largest absolute Gasteiger partial charge is 0.480 e. The second kappa shape index (κ2) is 7.46. The Morgan fingerprint density at radius 2 is 1.95 bits per heavy atom. The number of piperidine rings is 1. The van der Waals surface area contributed by atoms with Gasteiger partial charge in [-0.25, -0.2) is 4.79 Å². The molecule has 2 N–H and O–H groups in total. The number of carbonyl (C=O) groups excluding carboxylic acids is 2. The maximum atomic E-state index is 12.3. The number of likely N-dealkylation sites (tertiary alicyclic amines) is 1. The van der Waals surface area contributed by atoms with Gasteiger partial charge in [0.1, 0.15) is 12.1 Å². The summed E-state index contributed by atoms with van der Waals surface area (Å²) >= 11 is 0. The fourth-order valence-electron chi connectivity index (χ4n) is 2.41. The number of halogens is 3. The van der Waals surface area contributed by atoms with Crippen LogP contribution < -0.4 is 5.32 Å². The first kappa shape index (κ1) is 18.2. The number of carboxylic acids is 1. The molecule has 1 aliphatic rings. The number of carboxylic acid groups (broad SMARTS) is 1. The molecule has 1 fully saturated rings. The van der Waals surface area contributed by atoms with Gasteiger partial charge in [-0.05, 0) is 19.3 Å². The molecule has 0 aromatic rings. The van der Waals surface area contributed by atoms with Crippen LogP contribution in [0, 0.1) is 0 Å². The van der Waals surface area contributed by atoms with Crippen LogP contribution in [0.25, 0.3) is 0 Å². The second-order valence-corrected chi connectivity index (χ2v) is 5.17. The first-order valence-corrected chi connectivity index (χ1v) is 7.05. The van der Waals surface area contributed by atoms with Gasteiger partial charge >= 0.3 is 12.1 Å². The Morgan fingerprint density at radius 3 is 2.45 bits per heavy atom. The molecule has 1 aliphatic heterocycles. The van der Waals surface area contributed by atoms with Gasteiger partial charge in [0.25, 0.3) is 0 Å². The van der Waals surface area contributed by atoms with Gasteiger partial charge in [-0.15, -0.1) is 0 Å². The maximum Gasteiger partial charge on any atom is 0.391 e. The fraction of sp³-hybridized carbons (Fsp3) is 0.769. The normalized spacial score (nSPS) is 20.4. The Hall–Kier alpha value is -1.80. The number of nitrogens with one attached hydrogen (secondary N) is 1. The van der Waals surface area contributed by atoms with Gasteiger partial charge in [0.15, 0.2) is 0 Å². The number of nitrogens with zero attached hydrogens (tertiary/aromatic N) is 1. The Kier molecular flexibility index (Phi) is 6.19. The number of amides is 2. The summed E-state index contributed by atoms with van der Waals surface area (Å²) in [6, 6.07) is -2.95. The lowest BCUT2D eigenvalue weighted by Gasteiger charge is -2.35. The van der Waals surface area contributed by atoms with E-state index >= 15 is 0 Å². The smallest absolute Gasteiger partial charge is 0.391 e. The van der Waals surface area contributed by atoms with Crippen LogP contribution in [0.1, 0.15) is 39.0 Å². The van der Waals surface area contributed by atoms with Crippen LogP contribution in [0.5, 0.6) is 0 Å². The summed E-state index contributed by atoms with van der Waals surface area (Å²) in [6.07, 6.45) is -4.50. The highest BCUT2D eigenvalue weighted by Crippen LogP contribution is 2.23. The number of aliphatic carboxylic acids is 1. The Labute approximate surface area is 125 Å². The van der Waals surface area contributed by atoms with Crippen LogP contribution in [0.4, 0.5) is 13.2 Å². The molecule has 0 radical (unpaired) electrons. The van der Waals surface area contributed by atoms with Crippen molar-refractivity contribution in [1.82, 2.24) is 10.2 Å². The molecule has 0 aromatic carbocycles. The van der Waals surface area contributed by atoms with E-state index in [1.807, 2.05) is 5.32 Å². The quantitative estimate of drug-likeness (QED) is 0.798. The maximum absolute atomic E-state index is 12.3. The van der Waals surface area contributed by atoms with E-state index in [0.29, 0.717) is 25.8 Å². The number of alkyl halides is 3. The number of hydrogen-bond donors (Lipinski definition) is 2. The molecule has 0 spiro atoms. The highest BCUT2D eigenvalue weighted by molar-refractivity contribution is 5.90. The van der Waals surface area contributed by atoms with Gasteiger partial charge in [0.2, 0.25) is 11.8 Å². The molecule has 2 unspecified atom stereocenters. The first-order valence-electron chi connectivity index (χ1n) is 7.05. The molecule has 126 valence electrons. The number of rotatable bonds is 5. The average molecular weight is 324 g/mol. The van der Waals surface area contributed by atoms with Crippen molar-refractivity contribution in [1.29, 1.82) is 0 Å². The summed E-state index contributed by atoms with van der Waals surface area (Å²) in [5.74, 6) is -2.88. The van der Waals surface area contributed by atoms with Crippen molar-refractivity contribution in [3.8, 4) is 0 Å².